The van der Waals surface area contributed by atoms with Crippen molar-refractivity contribution in [2.24, 2.45) is 11.8 Å². The summed E-state index contributed by atoms with van der Waals surface area (Å²) in [5, 5.41) is 0.530. The maximum atomic E-state index is 13.0. The largest absolute Gasteiger partial charge is 0.462 e. The number of anilines is 1. The third kappa shape index (κ3) is 5.58. The summed E-state index contributed by atoms with van der Waals surface area (Å²) in [7, 11) is -4.07. The highest BCUT2D eigenvalue weighted by molar-refractivity contribution is 7.61. The van der Waals surface area contributed by atoms with E-state index < -0.39 is 7.60 Å². The molecule has 0 aliphatic carbocycles. The number of rotatable bonds is 9. The van der Waals surface area contributed by atoms with Crippen LogP contribution in [0.4, 0.5) is 5.13 Å². The van der Waals surface area contributed by atoms with Gasteiger partial charge in [-0.2, -0.15) is 0 Å². The van der Waals surface area contributed by atoms with Gasteiger partial charge in [0, 0.05) is 4.88 Å². The molecule has 2 heterocycles. The first-order chi connectivity index (χ1) is 13.8. The van der Waals surface area contributed by atoms with Gasteiger partial charge < -0.3 is 19.6 Å². The molecular formula is C21H27N2O4PS. The first-order valence-electron chi connectivity index (χ1n) is 9.61. The fourth-order valence-electron chi connectivity index (χ4n) is 3.13. The van der Waals surface area contributed by atoms with E-state index in [1.807, 2.05) is 37.3 Å². The Labute approximate surface area is 175 Å². The zero-order valence-corrected chi connectivity index (χ0v) is 18.6. The quantitative estimate of drug-likeness (QED) is 0.465. The summed E-state index contributed by atoms with van der Waals surface area (Å²) in [5.74, 6) is 0.734. The number of hydrogen-bond acceptors (Lipinski definition) is 6. The Kier molecular flexibility index (Phi) is 6.96. The van der Waals surface area contributed by atoms with E-state index in [2.05, 4.69) is 18.8 Å². The Morgan fingerprint density at radius 3 is 2.62 bits per heavy atom. The topological polar surface area (TPSA) is 98.6 Å². The highest BCUT2D eigenvalue weighted by atomic mass is 32.1. The average molecular weight is 434 g/mol. The predicted octanol–water partition coefficient (Wildman–Crippen LogP) is 4.89. The lowest BCUT2D eigenvalue weighted by Gasteiger charge is -2.16. The summed E-state index contributed by atoms with van der Waals surface area (Å²) in [5.41, 5.74) is 7.58. The van der Waals surface area contributed by atoms with Gasteiger partial charge in [0.2, 0.25) is 0 Å². The highest BCUT2D eigenvalue weighted by Gasteiger charge is 2.32. The Morgan fingerprint density at radius 1 is 1.21 bits per heavy atom. The lowest BCUT2D eigenvalue weighted by molar-refractivity contribution is 0.229. The lowest BCUT2D eigenvalue weighted by Crippen LogP contribution is -2.13. The van der Waals surface area contributed by atoms with Gasteiger partial charge in [0.25, 0.3) is 0 Å². The smallest absolute Gasteiger partial charge is 0.362 e. The molecule has 3 N–H and O–H groups in total. The summed E-state index contributed by atoms with van der Waals surface area (Å²) in [4.78, 5) is 15.9. The van der Waals surface area contributed by atoms with Crippen LogP contribution in [-0.4, -0.2) is 16.5 Å². The maximum Gasteiger partial charge on any atom is 0.362 e. The van der Waals surface area contributed by atoms with Gasteiger partial charge in [-0.25, -0.2) is 4.98 Å². The van der Waals surface area contributed by atoms with Crippen LogP contribution in [0.5, 0.6) is 0 Å². The number of thiazole rings is 1. The van der Waals surface area contributed by atoms with E-state index in [0.717, 1.165) is 23.3 Å². The van der Waals surface area contributed by atoms with Crippen LogP contribution in [0.15, 0.2) is 47.1 Å². The third-order valence-corrected chi connectivity index (χ3v) is 6.80. The van der Waals surface area contributed by atoms with Crippen molar-refractivity contribution in [2.45, 2.75) is 33.6 Å². The van der Waals surface area contributed by atoms with Crippen molar-refractivity contribution in [3.05, 3.63) is 53.1 Å². The number of aromatic nitrogens is 1. The molecule has 2 atom stereocenters. The van der Waals surface area contributed by atoms with E-state index in [1.165, 1.54) is 23.7 Å². The Morgan fingerprint density at radius 2 is 1.93 bits per heavy atom. The molecule has 0 aliphatic heterocycles. The predicted molar refractivity (Wildman–Crippen MR) is 117 cm³/mol. The number of furan rings is 1. The molecule has 0 bridgehead atoms. The Balaban J connectivity index is 1.76. The molecule has 0 fully saturated rings. The van der Waals surface area contributed by atoms with Crippen LogP contribution < -0.4 is 11.0 Å². The van der Waals surface area contributed by atoms with Gasteiger partial charge in [0.05, 0.1) is 12.9 Å². The van der Waals surface area contributed by atoms with Gasteiger partial charge in [-0.1, -0.05) is 51.1 Å². The van der Waals surface area contributed by atoms with E-state index in [1.54, 1.807) is 0 Å². The van der Waals surface area contributed by atoms with Gasteiger partial charge in [-0.05, 0) is 36.3 Å². The van der Waals surface area contributed by atoms with Crippen LogP contribution in [0.1, 0.15) is 31.2 Å². The van der Waals surface area contributed by atoms with Gasteiger partial charge in [-0.15, -0.1) is 11.3 Å². The zero-order chi connectivity index (χ0) is 21.0. The first-order valence-corrected chi connectivity index (χ1v) is 12.0. The van der Waals surface area contributed by atoms with E-state index in [9.17, 15) is 9.46 Å². The number of nitrogen functional groups attached to an aromatic ring is 1. The van der Waals surface area contributed by atoms with E-state index in [-0.39, 0.29) is 23.6 Å². The minimum Gasteiger partial charge on any atom is -0.462 e. The minimum absolute atomic E-state index is 0.0830. The molecular weight excluding hydrogens is 407 g/mol. The number of hydrogen-bond donors (Lipinski definition) is 2. The number of nitrogens with zero attached hydrogens (tertiary/aromatic N) is 1. The van der Waals surface area contributed by atoms with E-state index in [0.29, 0.717) is 16.7 Å². The van der Waals surface area contributed by atoms with E-state index in [4.69, 9.17) is 14.7 Å². The molecule has 0 spiro atoms. The molecule has 156 valence electrons. The molecule has 1 aromatic carbocycles. The van der Waals surface area contributed by atoms with Crippen molar-refractivity contribution in [3.63, 3.8) is 0 Å². The molecule has 0 saturated heterocycles. The summed E-state index contributed by atoms with van der Waals surface area (Å²) in [6, 6.07) is 11.5. The Hall–Kier alpha value is -1.92. The molecule has 8 heteroatoms. The molecule has 3 rings (SSSR count). The molecule has 6 nitrogen and oxygen atoms in total. The lowest BCUT2D eigenvalue weighted by atomic mass is 10.0. The molecule has 0 saturated carbocycles. The second kappa shape index (κ2) is 9.26. The molecule has 0 aliphatic rings. The van der Waals surface area contributed by atoms with Crippen LogP contribution in [0.25, 0.3) is 11.5 Å². The third-order valence-electron chi connectivity index (χ3n) is 4.43. The van der Waals surface area contributed by atoms with Crippen LogP contribution in [0.2, 0.25) is 0 Å². The highest BCUT2D eigenvalue weighted by Crippen LogP contribution is 2.45. The summed E-state index contributed by atoms with van der Waals surface area (Å²) in [6.45, 7) is 6.34. The monoisotopic (exact) mass is 434 g/mol. The van der Waals surface area contributed by atoms with Crippen molar-refractivity contribution < 1.29 is 18.4 Å². The summed E-state index contributed by atoms with van der Waals surface area (Å²) >= 11 is 1.37. The summed E-state index contributed by atoms with van der Waals surface area (Å²) in [6.07, 6.45) is 2.91. The summed E-state index contributed by atoms with van der Waals surface area (Å²) < 4.78 is 24.0. The van der Waals surface area contributed by atoms with Crippen molar-refractivity contribution >= 4 is 29.4 Å². The van der Waals surface area contributed by atoms with Gasteiger partial charge in [0.1, 0.15) is 11.0 Å². The van der Waals surface area contributed by atoms with Crippen molar-refractivity contribution in [1.29, 1.82) is 0 Å². The molecule has 3 aromatic rings. The average Bonchev–Trinajstić information content (AvgIpc) is 3.27. The zero-order valence-electron chi connectivity index (χ0n) is 16.9. The minimum atomic E-state index is -4.07. The number of benzene rings is 1. The fourth-order valence-corrected chi connectivity index (χ4v) is 5.43. The standard InChI is InChI=1S/C21H27N2O4PS/c1-14(2)11-18-19(23-21(22)29-18)20-17(9-10-26-20)28(24,25)27-13-15(3)12-16-7-5-4-6-8-16/h4-10,14-15H,11-13H2,1-3H3,(H2,22,23)(H,24,25). The number of nitrogens with two attached hydrogens (primary N) is 1. The molecule has 2 aromatic heterocycles. The van der Waals surface area contributed by atoms with Crippen LogP contribution >= 0.6 is 18.9 Å². The van der Waals surface area contributed by atoms with Crippen LogP contribution in [0, 0.1) is 11.8 Å². The van der Waals surface area contributed by atoms with Crippen molar-refractivity contribution in [1.82, 2.24) is 4.98 Å². The maximum absolute atomic E-state index is 13.0. The van der Waals surface area contributed by atoms with Gasteiger partial charge in [0.15, 0.2) is 10.9 Å². The first kappa shape index (κ1) is 21.8. The van der Waals surface area contributed by atoms with Gasteiger partial charge >= 0.3 is 7.60 Å². The second-order valence-electron chi connectivity index (χ2n) is 7.67. The SMILES string of the molecule is CC(C)Cc1sc(N)nc1-c1occc1P(=O)(O)OCC(C)Cc1ccccc1. The molecule has 2 unspecified atom stereocenters. The van der Waals surface area contributed by atoms with Crippen LogP contribution in [0.3, 0.4) is 0 Å². The van der Waals surface area contributed by atoms with Crippen LogP contribution in [-0.2, 0) is 21.9 Å². The van der Waals surface area contributed by atoms with Crippen molar-refractivity contribution in [2.75, 3.05) is 12.3 Å². The van der Waals surface area contributed by atoms with E-state index >= 15 is 0 Å². The Bertz CT molecular complexity index is 984. The molecule has 0 amide bonds. The van der Waals surface area contributed by atoms with Gasteiger partial charge in [-0.3, -0.25) is 4.57 Å². The molecule has 29 heavy (non-hydrogen) atoms. The normalized spacial score (nSPS) is 14.8. The second-order valence-corrected chi connectivity index (χ2v) is 10.6. The fraction of sp³-hybridized carbons (Fsp3) is 0.381. The van der Waals surface area contributed by atoms with Crippen molar-refractivity contribution in [3.8, 4) is 11.5 Å². The molecule has 0 radical (unpaired) electrons.